The SMILES string of the molecule is O=C(C=CN1CCCCC1)C(F)(F)F. The summed E-state index contributed by atoms with van der Waals surface area (Å²) in [6, 6.07) is 0. The molecule has 0 unspecified atom stereocenters. The van der Waals surface area contributed by atoms with Crippen molar-refractivity contribution in [2.45, 2.75) is 25.4 Å². The van der Waals surface area contributed by atoms with Crippen LogP contribution >= 0.6 is 0 Å². The van der Waals surface area contributed by atoms with Crippen LogP contribution < -0.4 is 0 Å². The average molecular weight is 207 g/mol. The number of rotatable bonds is 2. The summed E-state index contributed by atoms with van der Waals surface area (Å²) in [5, 5.41) is 0. The van der Waals surface area contributed by atoms with Gasteiger partial charge in [0, 0.05) is 25.4 Å². The summed E-state index contributed by atoms with van der Waals surface area (Å²) >= 11 is 0. The average Bonchev–Trinajstić information content (AvgIpc) is 2.14. The number of hydrogen-bond donors (Lipinski definition) is 0. The van der Waals surface area contributed by atoms with Crippen LogP contribution in [0.25, 0.3) is 0 Å². The summed E-state index contributed by atoms with van der Waals surface area (Å²) in [6.45, 7) is 1.48. The molecule has 1 heterocycles. The third-order valence-corrected chi connectivity index (χ3v) is 2.11. The molecule has 1 aliphatic rings. The van der Waals surface area contributed by atoms with Crippen LogP contribution in [0.4, 0.5) is 13.2 Å². The van der Waals surface area contributed by atoms with E-state index in [4.69, 9.17) is 0 Å². The van der Waals surface area contributed by atoms with E-state index in [1.807, 2.05) is 0 Å². The van der Waals surface area contributed by atoms with Gasteiger partial charge in [-0.15, -0.1) is 0 Å². The Bertz CT molecular complexity index is 229. The van der Waals surface area contributed by atoms with Gasteiger partial charge >= 0.3 is 6.18 Å². The lowest BCUT2D eigenvalue weighted by Gasteiger charge is -2.24. The Morgan fingerprint density at radius 3 is 2.21 bits per heavy atom. The molecule has 1 aliphatic heterocycles. The van der Waals surface area contributed by atoms with E-state index in [0.29, 0.717) is 6.08 Å². The molecule has 0 amide bonds. The molecule has 0 atom stereocenters. The molecule has 14 heavy (non-hydrogen) atoms. The number of hydrogen-bond acceptors (Lipinski definition) is 2. The van der Waals surface area contributed by atoms with Crippen molar-refractivity contribution in [1.29, 1.82) is 0 Å². The molecule has 80 valence electrons. The van der Waals surface area contributed by atoms with Crippen LogP contribution in [0.1, 0.15) is 19.3 Å². The molecule has 2 nitrogen and oxygen atoms in total. The third-order valence-electron chi connectivity index (χ3n) is 2.11. The van der Waals surface area contributed by atoms with Crippen molar-refractivity contribution >= 4 is 5.78 Å². The number of carbonyl (C=O) groups is 1. The maximum Gasteiger partial charge on any atom is 0.454 e. The molecular weight excluding hydrogens is 195 g/mol. The summed E-state index contributed by atoms with van der Waals surface area (Å²) < 4.78 is 35.4. The number of halogens is 3. The fourth-order valence-electron chi connectivity index (χ4n) is 1.34. The Hall–Kier alpha value is -1.00. The van der Waals surface area contributed by atoms with Crippen LogP contribution in [-0.4, -0.2) is 29.9 Å². The largest absolute Gasteiger partial charge is 0.454 e. The van der Waals surface area contributed by atoms with Crippen LogP contribution in [0.15, 0.2) is 12.3 Å². The lowest BCUT2D eigenvalue weighted by atomic mass is 10.1. The first-order valence-corrected chi connectivity index (χ1v) is 4.53. The monoisotopic (exact) mass is 207 g/mol. The van der Waals surface area contributed by atoms with Gasteiger partial charge in [-0.1, -0.05) is 0 Å². The van der Waals surface area contributed by atoms with Crippen molar-refractivity contribution < 1.29 is 18.0 Å². The second-order valence-corrected chi connectivity index (χ2v) is 3.27. The maximum absolute atomic E-state index is 11.8. The molecule has 1 rings (SSSR count). The quantitative estimate of drug-likeness (QED) is 0.646. The Balaban J connectivity index is 2.42. The second kappa shape index (κ2) is 4.48. The number of nitrogens with zero attached hydrogens (tertiary/aromatic N) is 1. The van der Waals surface area contributed by atoms with Gasteiger partial charge in [0.1, 0.15) is 0 Å². The van der Waals surface area contributed by atoms with Crippen molar-refractivity contribution in [3.05, 3.63) is 12.3 Å². The standard InChI is InChI=1S/C9H12F3NO/c10-9(11,12)8(14)4-7-13-5-2-1-3-6-13/h4,7H,1-3,5-6H2. The van der Waals surface area contributed by atoms with Crippen LogP contribution in [0.2, 0.25) is 0 Å². The number of allylic oxidation sites excluding steroid dienone is 1. The number of likely N-dealkylation sites (tertiary alicyclic amines) is 1. The van der Waals surface area contributed by atoms with Gasteiger partial charge in [0.15, 0.2) is 0 Å². The minimum atomic E-state index is -4.74. The topological polar surface area (TPSA) is 20.3 Å². The van der Waals surface area contributed by atoms with Crippen molar-refractivity contribution in [2.24, 2.45) is 0 Å². The summed E-state index contributed by atoms with van der Waals surface area (Å²) in [6.07, 6.45) is 0.166. The molecule has 0 spiro atoms. The first kappa shape index (κ1) is 11.1. The minimum absolute atomic E-state index is 0.602. The van der Waals surface area contributed by atoms with Gasteiger partial charge in [-0.2, -0.15) is 13.2 Å². The van der Waals surface area contributed by atoms with Gasteiger partial charge in [0.05, 0.1) is 0 Å². The minimum Gasteiger partial charge on any atom is -0.377 e. The van der Waals surface area contributed by atoms with E-state index in [-0.39, 0.29) is 0 Å². The van der Waals surface area contributed by atoms with E-state index in [1.165, 1.54) is 6.20 Å². The molecular formula is C9H12F3NO. The summed E-state index contributed by atoms with van der Waals surface area (Å²) in [5.41, 5.74) is 0. The van der Waals surface area contributed by atoms with Crippen molar-refractivity contribution in [2.75, 3.05) is 13.1 Å². The zero-order chi connectivity index (χ0) is 10.6. The van der Waals surface area contributed by atoms with Gasteiger partial charge < -0.3 is 4.90 Å². The molecule has 1 saturated heterocycles. The zero-order valence-corrected chi connectivity index (χ0v) is 7.68. The van der Waals surface area contributed by atoms with Gasteiger partial charge in [-0.25, -0.2) is 0 Å². The van der Waals surface area contributed by atoms with E-state index >= 15 is 0 Å². The molecule has 0 radical (unpaired) electrons. The van der Waals surface area contributed by atoms with Crippen molar-refractivity contribution in [3.63, 3.8) is 0 Å². The third kappa shape index (κ3) is 3.40. The fraction of sp³-hybridized carbons (Fsp3) is 0.667. The molecule has 0 saturated carbocycles. The molecule has 0 bridgehead atoms. The summed E-state index contributed by atoms with van der Waals surface area (Å²) in [4.78, 5) is 12.2. The molecule has 0 aliphatic carbocycles. The highest BCUT2D eigenvalue weighted by Gasteiger charge is 2.36. The fourth-order valence-corrected chi connectivity index (χ4v) is 1.34. The normalized spacial score (nSPS) is 18.9. The van der Waals surface area contributed by atoms with Crippen LogP contribution in [0, 0.1) is 0 Å². The lowest BCUT2D eigenvalue weighted by molar-refractivity contribution is -0.165. The van der Waals surface area contributed by atoms with Crippen LogP contribution in [0.5, 0.6) is 0 Å². The summed E-state index contributed by atoms with van der Waals surface area (Å²) in [5.74, 6) is -1.79. The zero-order valence-electron chi connectivity index (χ0n) is 7.68. The number of carbonyl (C=O) groups excluding carboxylic acids is 1. The predicted octanol–water partition coefficient (Wildman–Crippen LogP) is 2.12. The van der Waals surface area contributed by atoms with E-state index < -0.39 is 12.0 Å². The highest BCUT2D eigenvalue weighted by molar-refractivity contribution is 5.94. The smallest absolute Gasteiger partial charge is 0.377 e. The highest BCUT2D eigenvalue weighted by atomic mass is 19.4. The summed E-state index contributed by atoms with van der Waals surface area (Å²) in [7, 11) is 0. The Morgan fingerprint density at radius 1 is 1.14 bits per heavy atom. The number of ketones is 1. The van der Waals surface area contributed by atoms with E-state index in [2.05, 4.69) is 0 Å². The van der Waals surface area contributed by atoms with Crippen LogP contribution in [-0.2, 0) is 4.79 Å². The van der Waals surface area contributed by atoms with Gasteiger partial charge in [0.25, 0.3) is 5.78 Å². The Kier molecular flexibility index (Phi) is 3.55. The first-order valence-electron chi connectivity index (χ1n) is 4.53. The van der Waals surface area contributed by atoms with Gasteiger partial charge in [-0.05, 0) is 19.3 Å². The highest BCUT2D eigenvalue weighted by Crippen LogP contribution is 2.17. The van der Waals surface area contributed by atoms with Gasteiger partial charge in [0.2, 0.25) is 0 Å². The molecule has 5 heteroatoms. The number of piperidine rings is 1. The molecule has 0 aromatic carbocycles. The van der Waals surface area contributed by atoms with E-state index in [9.17, 15) is 18.0 Å². The molecule has 1 fully saturated rings. The lowest BCUT2D eigenvalue weighted by Crippen LogP contribution is -2.26. The maximum atomic E-state index is 11.8. The Labute approximate surface area is 80.4 Å². The van der Waals surface area contributed by atoms with Crippen molar-refractivity contribution in [1.82, 2.24) is 4.90 Å². The molecule has 0 N–H and O–H groups in total. The van der Waals surface area contributed by atoms with E-state index in [0.717, 1.165) is 32.4 Å². The predicted molar refractivity (Wildman–Crippen MR) is 45.6 cm³/mol. The second-order valence-electron chi connectivity index (χ2n) is 3.27. The van der Waals surface area contributed by atoms with Gasteiger partial charge in [-0.3, -0.25) is 4.79 Å². The molecule has 0 aromatic rings. The van der Waals surface area contributed by atoms with Crippen LogP contribution in [0.3, 0.4) is 0 Å². The Morgan fingerprint density at radius 2 is 1.71 bits per heavy atom. The molecule has 0 aromatic heterocycles. The number of alkyl halides is 3. The van der Waals surface area contributed by atoms with Crippen molar-refractivity contribution in [3.8, 4) is 0 Å². The van der Waals surface area contributed by atoms with E-state index in [1.54, 1.807) is 4.90 Å². The first-order chi connectivity index (χ1) is 6.50.